The van der Waals surface area contributed by atoms with Gasteiger partial charge in [0.1, 0.15) is 5.82 Å². The number of rotatable bonds is 3. The number of hydrogen-bond acceptors (Lipinski definition) is 3. The molecule has 0 saturated heterocycles. The van der Waals surface area contributed by atoms with E-state index in [0.29, 0.717) is 18.1 Å². The average Bonchev–Trinajstić information content (AvgIpc) is 3.11. The number of hydrogen-bond donors (Lipinski definition) is 1. The van der Waals surface area contributed by atoms with Crippen molar-refractivity contribution in [2.75, 3.05) is 11.9 Å². The van der Waals surface area contributed by atoms with E-state index < -0.39 is 0 Å². The summed E-state index contributed by atoms with van der Waals surface area (Å²) in [6.45, 7) is 2.17. The van der Waals surface area contributed by atoms with Crippen molar-refractivity contribution < 1.29 is 13.9 Å². The van der Waals surface area contributed by atoms with Crippen LogP contribution in [0.25, 0.3) is 0 Å². The molecule has 0 bridgehead atoms. The Bertz CT molecular complexity index is 828. The van der Waals surface area contributed by atoms with Crippen LogP contribution in [0.1, 0.15) is 46.8 Å². The first kappa shape index (κ1) is 15.9. The molecule has 4 rings (SSSR count). The van der Waals surface area contributed by atoms with Crippen molar-refractivity contribution in [3.8, 4) is 0 Å². The summed E-state index contributed by atoms with van der Waals surface area (Å²) in [6, 6.07) is 12.5. The van der Waals surface area contributed by atoms with Gasteiger partial charge in [0.15, 0.2) is 0 Å². The maximum atomic E-state index is 13.3. The summed E-state index contributed by atoms with van der Waals surface area (Å²) in [6.07, 6.45) is 5.37. The number of carbonyl (C=O) groups excluding carboxylic acids is 1. The summed E-state index contributed by atoms with van der Waals surface area (Å²) < 4.78 is 18.4. The lowest BCUT2D eigenvalue weighted by Crippen LogP contribution is -2.29. The maximum Gasteiger partial charge on any atom is 0.338 e. The van der Waals surface area contributed by atoms with Crippen LogP contribution in [0.2, 0.25) is 0 Å². The Morgan fingerprint density at radius 3 is 2.80 bits per heavy atom. The first-order chi connectivity index (χ1) is 12.2. The van der Waals surface area contributed by atoms with Crippen molar-refractivity contribution in [1.82, 2.24) is 0 Å². The molecule has 2 aliphatic rings. The smallest absolute Gasteiger partial charge is 0.338 e. The van der Waals surface area contributed by atoms with E-state index in [9.17, 15) is 9.18 Å². The van der Waals surface area contributed by atoms with E-state index in [1.807, 2.05) is 24.3 Å². The third-order valence-electron chi connectivity index (χ3n) is 5.10. The summed E-state index contributed by atoms with van der Waals surface area (Å²) in [5.41, 5.74) is 3.82. The number of allylic oxidation sites excluding steroid dienone is 2. The molecule has 0 radical (unpaired) electrons. The van der Waals surface area contributed by atoms with Gasteiger partial charge in [-0.1, -0.05) is 24.3 Å². The van der Waals surface area contributed by atoms with E-state index in [-0.39, 0.29) is 23.7 Å². The first-order valence-electron chi connectivity index (χ1n) is 8.67. The highest BCUT2D eigenvalue weighted by atomic mass is 19.1. The van der Waals surface area contributed by atoms with Crippen molar-refractivity contribution in [3.63, 3.8) is 0 Å². The minimum absolute atomic E-state index is 0.126. The van der Waals surface area contributed by atoms with Crippen LogP contribution in [0.5, 0.6) is 0 Å². The van der Waals surface area contributed by atoms with Crippen LogP contribution in [0.3, 0.4) is 0 Å². The Morgan fingerprint density at radius 1 is 1.24 bits per heavy atom. The second kappa shape index (κ2) is 6.36. The molecule has 0 amide bonds. The van der Waals surface area contributed by atoms with E-state index >= 15 is 0 Å². The fourth-order valence-electron chi connectivity index (χ4n) is 3.94. The normalized spacial score (nSPS) is 23.5. The van der Waals surface area contributed by atoms with E-state index in [0.717, 1.165) is 23.2 Å². The van der Waals surface area contributed by atoms with E-state index in [2.05, 4.69) is 17.5 Å². The minimum atomic E-state index is -0.288. The largest absolute Gasteiger partial charge is 0.462 e. The molecule has 0 spiro atoms. The zero-order chi connectivity index (χ0) is 17.4. The predicted molar refractivity (Wildman–Crippen MR) is 95.2 cm³/mol. The molecule has 1 aliphatic heterocycles. The summed E-state index contributed by atoms with van der Waals surface area (Å²) >= 11 is 0. The van der Waals surface area contributed by atoms with Gasteiger partial charge in [-0.2, -0.15) is 0 Å². The summed E-state index contributed by atoms with van der Waals surface area (Å²) in [4.78, 5) is 12.0. The number of carbonyl (C=O) groups is 1. The van der Waals surface area contributed by atoms with Gasteiger partial charge >= 0.3 is 5.97 Å². The quantitative estimate of drug-likeness (QED) is 0.644. The maximum absolute atomic E-state index is 13.3. The van der Waals surface area contributed by atoms with Gasteiger partial charge in [-0.15, -0.1) is 0 Å². The van der Waals surface area contributed by atoms with Crippen molar-refractivity contribution in [1.29, 1.82) is 0 Å². The SMILES string of the molecule is CCOC(=O)c1ccc2c(c1)[C@@H]1C=CC[C@@H]1[C@@H](c1ccc(F)cc1)N2. The first-order valence-corrected chi connectivity index (χ1v) is 8.67. The Morgan fingerprint density at radius 2 is 2.04 bits per heavy atom. The summed E-state index contributed by atoms with van der Waals surface area (Å²) in [5, 5.41) is 3.59. The number of benzene rings is 2. The monoisotopic (exact) mass is 337 g/mol. The van der Waals surface area contributed by atoms with Crippen LogP contribution >= 0.6 is 0 Å². The molecule has 2 aromatic rings. The van der Waals surface area contributed by atoms with Gasteiger partial charge in [0.05, 0.1) is 18.2 Å². The highest BCUT2D eigenvalue weighted by molar-refractivity contribution is 5.90. The lowest BCUT2D eigenvalue weighted by molar-refractivity contribution is 0.0526. The molecule has 25 heavy (non-hydrogen) atoms. The number of esters is 1. The van der Waals surface area contributed by atoms with E-state index in [1.165, 1.54) is 12.1 Å². The van der Waals surface area contributed by atoms with Gasteiger partial charge in [-0.25, -0.2) is 9.18 Å². The van der Waals surface area contributed by atoms with E-state index in [1.54, 1.807) is 13.0 Å². The second-order valence-corrected chi connectivity index (χ2v) is 6.55. The van der Waals surface area contributed by atoms with Crippen LogP contribution in [0.4, 0.5) is 10.1 Å². The average molecular weight is 337 g/mol. The molecule has 0 fully saturated rings. The molecule has 0 saturated carbocycles. The number of ether oxygens (including phenoxy) is 1. The Balaban J connectivity index is 1.71. The van der Waals surface area contributed by atoms with Crippen molar-refractivity contribution in [3.05, 3.63) is 77.1 Å². The molecular weight excluding hydrogens is 317 g/mol. The molecule has 0 aromatic heterocycles. The Kier molecular flexibility index (Phi) is 4.04. The fraction of sp³-hybridized carbons (Fsp3) is 0.286. The van der Waals surface area contributed by atoms with Crippen molar-refractivity contribution >= 4 is 11.7 Å². The molecular formula is C21H20FNO2. The molecule has 3 nitrogen and oxygen atoms in total. The highest BCUT2D eigenvalue weighted by Crippen LogP contribution is 2.49. The van der Waals surface area contributed by atoms with Gasteiger partial charge in [-0.3, -0.25) is 0 Å². The zero-order valence-electron chi connectivity index (χ0n) is 14.0. The van der Waals surface area contributed by atoms with Crippen LogP contribution in [-0.2, 0) is 4.74 Å². The molecule has 2 aromatic carbocycles. The standard InChI is InChI=1S/C21H20FNO2/c1-2-25-21(24)14-8-11-19-18(12-14)16-4-3-5-17(16)20(23-19)13-6-9-15(22)10-7-13/h3-4,6-12,16-17,20,23H,2,5H2,1H3/t16-,17+,20-/m1/s1. The lowest BCUT2D eigenvalue weighted by Gasteiger charge is -2.37. The van der Waals surface area contributed by atoms with Crippen LogP contribution in [0.15, 0.2) is 54.6 Å². The highest BCUT2D eigenvalue weighted by Gasteiger charge is 2.38. The molecule has 1 N–H and O–H groups in total. The lowest BCUT2D eigenvalue weighted by atomic mass is 9.76. The summed E-state index contributed by atoms with van der Waals surface area (Å²) in [7, 11) is 0. The predicted octanol–water partition coefficient (Wildman–Crippen LogP) is 4.83. The van der Waals surface area contributed by atoms with Crippen LogP contribution in [-0.4, -0.2) is 12.6 Å². The molecule has 1 heterocycles. The van der Waals surface area contributed by atoms with Gasteiger partial charge in [0.2, 0.25) is 0 Å². The van der Waals surface area contributed by atoms with Gasteiger partial charge < -0.3 is 10.1 Å². The number of nitrogens with one attached hydrogen (secondary N) is 1. The van der Waals surface area contributed by atoms with Gasteiger partial charge in [-0.05, 0) is 60.7 Å². The number of anilines is 1. The minimum Gasteiger partial charge on any atom is -0.462 e. The zero-order valence-corrected chi connectivity index (χ0v) is 14.0. The topological polar surface area (TPSA) is 38.3 Å². The van der Waals surface area contributed by atoms with Gasteiger partial charge in [0.25, 0.3) is 0 Å². The Hall–Kier alpha value is -2.62. The van der Waals surface area contributed by atoms with E-state index in [4.69, 9.17) is 4.74 Å². The van der Waals surface area contributed by atoms with Gasteiger partial charge in [0, 0.05) is 11.6 Å². The Labute approximate surface area is 146 Å². The molecule has 4 heteroatoms. The third kappa shape index (κ3) is 2.82. The number of fused-ring (bicyclic) bond motifs is 3. The molecule has 3 atom stereocenters. The number of halogens is 1. The van der Waals surface area contributed by atoms with Crippen molar-refractivity contribution in [2.24, 2.45) is 5.92 Å². The molecule has 1 aliphatic carbocycles. The molecule has 0 unspecified atom stereocenters. The van der Waals surface area contributed by atoms with Crippen LogP contribution < -0.4 is 5.32 Å². The third-order valence-corrected chi connectivity index (χ3v) is 5.10. The second-order valence-electron chi connectivity index (χ2n) is 6.55. The molecule has 128 valence electrons. The van der Waals surface area contributed by atoms with Crippen molar-refractivity contribution in [2.45, 2.75) is 25.3 Å². The van der Waals surface area contributed by atoms with Crippen LogP contribution in [0, 0.1) is 11.7 Å². The summed E-state index contributed by atoms with van der Waals surface area (Å²) in [5.74, 6) is 0.0979. The fourth-order valence-corrected chi connectivity index (χ4v) is 3.94.